The number of nitrogens with one attached hydrogen (secondary N) is 1. The number of likely N-dealkylation sites (tertiary alicyclic amines) is 2. The molecule has 1 N–H and O–H groups in total. The van der Waals surface area contributed by atoms with Crippen LogP contribution in [0.4, 0.5) is 4.39 Å². The number of nitrogens with zero attached hydrogens (tertiary/aromatic N) is 7. The molecule has 1 aliphatic carbocycles. The van der Waals surface area contributed by atoms with E-state index >= 15 is 0 Å². The first-order valence-corrected chi connectivity index (χ1v) is 15.1. The zero-order valence-corrected chi connectivity index (χ0v) is 24.0. The molecule has 9 nitrogen and oxygen atoms in total. The summed E-state index contributed by atoms with van der Waals surface area (Å²) in [6.45, 7) is 5.96. The second kappa shape index (κ2) is 11.1. The summed E-state index contributed by atoms with van der Waals surface area (Å²) in [5.74, 6) is 0.413. The highest BCUT2D eigenvalue weighted by atomic mass is 19.1. The van der Waals surface area contributed by atoms with Gasteiger partial charge in [-0.2, -0.15) is 10.4 Å². The molecule has 0 spiro atoms. The van der Waals surface area contributed by atoms with Gasteiger partial charge in [0.05, 0.1) is 29.9 Å². The van der Waals surface area contributed by atoms with Crippen LogP contribution in [0.3, 0.4) is 0 Å². The number of hydrogen-bond donors (Lipinski definition) is 1. The van der Waals surface area contributed by atoms with Gasteiger partial charge in [0.15, 0.2) is 0 Å². The maximum atomic E-state index is 14.5. The molecule has 1 atom stereocenters. The predicted octanol–water partition coefficient (Wildman–Crippen LogP) is 5.26. The SMILES string of the molecule is CC1CCCN1Cc1cc(F)cc(OC2CCN(C3CC(CC#N)(n4cc(-c5ncnc6[nH]ccc56)cn4)C3)CC2)c1. The van der Waals surface area contributed by atoms with Crippen LogP contribution in [0.1, 0.15) is 57.4 Å². The molecule has 1 saturated carbocycles. The van der Waals surface area contributed by atoms with Crippen molar-refractivity contribution in [1.82, 2.24) is 34.5 Å². The minimum atomic E-state index is -0.305. The van der Waals surface area contributed by atoms with Crippen molar-refractivity contribution in [1.29, 1.82) is 5.26 Å². The number of aromatic nitrogens is 5. The van der Waals surface area contributed by atoms with Crippen molar-refractivity contribution < 1.29 is 9.13 Å². The second-order valence-electron chi connectivity index (χ2n) is 12.4. The number of halogens is 1. The molecular weight excluding hydrogens is 531 g/mol. The number of hydrogen-bond acceptors (Lipinski definition) is 7. The minimum Gasteiger partial charge on any atom is -0.490 e. The molecule has 5 heterocycles. The van der Waals surface area contributed by atoms with E-state index < -0.39 is 0 Å². The maximum absolute atomic E-state index is 14.5. The van der Waals surface area contributed by atoms with Gasteiger partial charge in [-0.05, 0) is 75.8 Å². The molecule has 0 amide bonds. The molecule has 3 aromatic heterocycles. The van der Waals surface area contributed by atoms with Crippen molar-refractivity contribution >= 4 is 11.0 Å². The molecule has 0 radical (unpaired) electrons. The molecule has 42 heavy (non-hydrogen) atoms. The molecule has 3 aliphatic rings. The van der Waals surface area contributed by atoms with Crippen LogP contribution in [0, 0.1) is 17.1 Å². The number of nitriles is 1. The Hall–Kier alpha value is -3.81. The van der Waals surface area contributed by atoms with E-state index in [1.165, 1.54) is 18.9 Å². The molecule has 2 saturated heterocycles. The molecule has 0 bridgehead atoms. The van der Waals surface area contributed by atoms with E-state index in [0.717, 1.165) is 79.7 Å². The van der Waals surface area contributed by atoms with Gasteiger partial charge in [0.2, 0.25) is 0 Å². The van der Waals surface area contributed by atoms with Gasteiger partial charge in [0.25, 0.3) is 0 Å². The highest BCUT2D eigenvalue weighted by Gasteiger charge is 2.49. The van der Waals surface area contributed by atoms with Gasteiger partial charge in [0.1, 0.15) is 29.6 Å². The number of piperidine rings is 1. The van der Waals surface area contributed by atoms with Crippen LogP contribution in [0.2, 0.25) is 0 Å². The number of rotatable bonds is 8. The predicted molar refractivity (Wildman–Crippen MR) is 157 cm³/mol. The van der Waals surface area contributed by atoms with Crippen molar-refractivity contribution in [3.63, 3.8) is 0 Å². The minimum absolute atomic E-state index is 0.0809. The van der Waals surface area contributed by atoms with E-state index in [1.54, 1.807) is 12.4 Å². The largest absolute Gasteiger partial charge is 0.490 e. The summed E-state index contributed by atoms with van der Waals surface area (Å²) in [5, 5.41) is 15.4. The fourth-order valence-electron chi connectivity index (χ4n) is 7.24. The van der Waals surface area contributed by atoms with Crippen LogP contribution in [0.15, 0.2) is 49.2 Å². The van der Waals surface area contributed by atoms with Gasteiger partial charge in [0, 0.05) is 61.1 Å². The van der Waals surface area contributed by atoms with Crippen LogP contribution < -0.4 is 4.74 Å². The fraction of sp³-hybridized carbons (Fsp3) is 0.500. The molecule has 7 rings (SSSR count). The van der Waals surface area contributed by atoms with E-state index in [9.17, 15) is 9.65 Å². The van der Waals surface area contributed by atoms with Crippen LogP contribution in [0.5, 0.6) is 5.75 Å². The first kappa shape index (κ1) is 27.0. The Morgan fingerprint density at radius 1 is 1.14 bits per heavy atom. The third-order valence-electron chi connectivity index (χ3n) is 9.64. The number of ether oxygens (including phenoxy) is 1. The van der Waals surface area contributed by atoms with Gasteiger partial charge in [-0.1, -0.05) is 0 Å². The van der Waals surface area contributed by atoms with E-state index in [-0.39, 0.29) is 17.5 Å². The van der Waals surface area contributed by atoms with Crippen molar-refractivity contribution in [3.05, 3.63) is 60.6 Å². The average molecular weight is 569 g/mol. The van der Waals surface area contributed by atoms with E-state index in [1.807, 2.05) is 35.4 Å². The summed E-state index contributed by atoms with van der Waals surface area (Å²) < 4.78 is 22.8. The third-order valence-corrected chi connectivity index (χ3v) is 9.64. The molecule has 4 aromatic rings. The van der Waals surface area contributed by atoms with Gasteiger partial charge in [-0.3, -0.25) is 14.5 Å². The fourth-order valence-corrected chi connectivity index (χ4v) is 7.24. The zero-order valence-electron chi connectivity index (χ0n) is 24.0. The highest BCUT2D eigenvalue weighted by Crippen LogP contribution is 2.45. The zero-order chi connectivity index (χ0) is 28.7. The molecule has 10 heteroatoms. The molecule has 2 aliphatic heterocycles. The first-order valence-electron chi connectivity index (χ1n) is 15.1. The van der Waals surface area contributed by atoms with Crippen molar-refractivity contribution in [2.45, 2.75) is 82.1 Å². The van der Waals surface area contributed by atoms with Crippen molar-refractivity contribution in [2.24, 2.45) is 0 Å². The standard InChI is InChI=1S/C32H37FN8O/c1-22-3-2-10-40(22)19-23-13-25(33)15-28(14-23)42-27-5-11-39(12-6-27)26-16-32(17-26,7-8-34)41-20-24(18-38-41)30-29-4-9-35-31(29)37-21-36-30/h4,9,13-15,18,20-22,26-27H,2-3,5-7,10-12,16-17,19H2,1H3,(H,35,36,37). The van der Waals surface area contributed by atoms with Gasteiger partial charge < -0.3 is 9.72 Å². The summed E-state index contributed by atoms with van der Waals surface area (Å²) in [6, 6.07) is 10.5. The smallest absolute Gasteiger partial charge is 0.141 e. The van der Waals surface area contributed by atoms with E-state index in [4.69, 9.17) is 9.84 Å². The lowest BCUT2D eigenvalue weighted by Crippen LogP contribution is -2.58. The Morgan fingerprint density at radius 2 is 2.00 bits per heavy atom. The Balaban J connectivity index is 0.964. The molecule has 1 unspecified atom stereocenters. The molecular formula is C32H37FN8O. The average Bonchev–Trinajstić information content (AvgIpc) is 3.73. The van der Waals surface area contributed by atoms with Crippen LogP contribution in [0.25, 0.3) is 22.3 Å². The molecule has 218 valence electrons. The normalized spacial score (nSPS) is 25.5. The number of fused-ring (bicyclic) bond motifs is 1. The van der Waals surface area contributed by atoms with Crippen LogP contribution in [-0.4, -0.2) is 72.4 Å². The number of benzene rings is 1. The number of H-pyrrole nitrogens is 1. The van der Waals surface area contributed by atoms with Gasteiger partial charge >= 0.3 is 0 Å². The highest BCUT2D eigenvalue weighted by molar-refractivity contribution is 5.90. The monoisotopic (exact) mass is 568 g/mol. The summed E-state index contributed by atoms with van der Waals surface area (Å²) in [7, 11) is 0. The third kappa shape index (κ3) is 5.16. The molecule has 3 fully saturated rings. The lowest BCUT2D eigenvalue weighted by atomic mass is 9.69. The maximum Gasteiger partial charge on any atom is 0.141 e. The van der Waals surface area contributed by atoms with Crippen molar-refractivity contribution in [3.8, 4) is 23.1 Å². The molecule has 1 aromatic carbocycles. The van der Waals surface area contributed by atoms with Crippen LogP contribution >= 0.6 is 0 Å². The summed E-state index contributed by atoms with van der Waals surface area (Å²) in [6.07, 6.45) is 13.8. The quantitative estimate of drug-likeness (QED) is 0.310. The summed E-state index contributed by atoms with van der Waals surface area (Å²) in [4.78, 5) is 16.9. The topological polar surface area (TPSA) is 98.9 Å². The Labute approximate surface area is 245 Å². The summed E-state index contributed by atoms with van der Waals surface area (Å²) >= 11 is 0. The second-order valence-corrected chi connectivity index (χ2v) is 12.4. The van der Waals surface area contributed by atoms with E-state index in [2.05, 4.69) is 37.7 Å². The van der Waals surface area contributed by atoms with Crippen molar-refractivity contribution in [2.75, 3.05) is 19.6 Å². The summed E-state index contributed by atoms with van der Waals surface area (Å²) in [5.41, 5.74) is 3.24. The van der Waals surface area contributed by atoms with E-state index in [0.29, 0.717) is 24.3 Å². The van der Waals surface area contributed by atoms with Crippen LogP contribution in [-0.2, 0) is 12.1 Å². The van der Waals surface area contributed by atoms with Gasteiger partial charge in [-0.25, -0.2) is 14.4 Å². The Morgan fingerprint density at radius 3 is 2.79 bits per heavy atom. The Bertz CT molecular complexity index is 1590. The Kier molecular flexibility index (Phi) is 7.16. The lowest BCUT2D eigenvalue weighted by Gasteiger charge is -2.52. The van der Waals surface area contributed by atoms with Gasteiger partial charge in [-0.15, -0.1) is 0 Å². The number of aromatic amines is 1. The lowest BCUT2D eigenvalue weighted by molar-refractivity contribution is -0.0207. The first-order chi connectivity index (χ1) is 20.5.